The van der Waals surface area contributed by atoms with Gasteiger partial charge in [0, 0.05) is 13.5 Å². The standard InChI is InChI=1S/C25H31N6O9P/c1-16(24(34)39-18-10-11-37-12-18)30-41(35,40-17-6-4-3-5-7-17)38-14-25(13-26,36-2)22(33)21(32)19-8-9-20-23(27)28-15-29-31(19)20/h3-9,15-16,18,21-22,32-33H,10-12,14H2,1-2H3,(H,30,35)(H2,27,28,29)/t16-,18+,21-,22-,25+,41?/m0/s1. The lowest BCUT2D eigenvalue weighted by molar-refractivity contribution is -0.150. The van der Waals surface area contributed by atoms with Crippen molar-refractivity contribution >= 4 is 25.1 Å². The first kappa shape index (κ1) is 30.4. The van der Waals surface area contributed by atoms with Crippen molar-refractivity contribution in [3.8, 4) is 11.8 Å². The lowest BCUT2D eigenvalue weighted by Gasteiger charge is -2.34. The van der Waals surface area contributed by atoms with Gasteiger partial charge in [0.05, 0.1) is 18.9 Å². The molecule has 0 aliphatic carbocycles. The number of nitrogens with two attached hydrogens (primary N) is 1. The number of carbonyl (C=O) groups excluding carboxylic acids is 1. The van der Waals surface area contributed by atoms with E-state index in [1.165, 1.54) is 35.7 Å². The molecule has 15 nitrogen and oxygen atoms in total. The van der Waals surface area contributed by atoms with Crippen LogP contribution in [0.4, 0.5) is 5.82 Å². The molecule has 4 rings (SSSR count). The molecule has 1 fully saturated rings. The summed E-state index contributed by atoms with van der Waals surface area (Å²) in [4.78, 5) is 16.5. The van der Waals surface area contributed by atoms with Gasteiger partial charge in [-0.2, -0.15) is 15.4 Å². The molecule has 41 heavy (non-hydrogen) atoms. The van der Waals surface area contributed by atoms with Crippen LogP contribution in [0, 0.1) is 11.3 Å². The maximum atomic E-state index is 13.9. The molecule has 6 atom stereocenters. The van der Waals surface area contributed by atoms with Gasteiger partial charge < -0.3 is 34.7 Å². The SMILES string of the molecule is CO[C@](C#N)(COP(=O)(N[C@@H](C)C(=O)O[C@@H]1CCOC1)Oc1ccccc1)[C@@H](O)[C@@H](O)c1ccc2c(N)ncnn12. The number of aromatic nitrogens is 3. The van der Waals surface area contributed by atoms with E-state index in [0.29, 0.717) is 18.5 Å². The normalized spacial score (nSPS) is 20.3. The number of nitrogens with one attached hydrogen (secondary N) is 1. The predicted molar refractivity (Wildman–Crippen MR) is 142 cm³/mol. The van der Waals surface area contributed by atoms with Gasteiger partial charge in [-0.15, -0.1) is 0 Å². The smallest absolute Gasteiger partial charge is 0.459 e. The summed E-state index contributed by atoms with van der Waals surface area (Å²) >= 11 is 0. The number of fused-ring (bicyclic) bond motifs is 1. The quantitative estimate of drug-likeness (QED) is 0.162. The van der Waals surface area contributed by atoms with Crippen LogP contribution in [-0.4, -0.2) is 81.6 Å². The highest BCUT2D eigenvalue weighted by Crippen LogP contribution is 2.46. The molecule has 220 valence electrons. The zero-order chi connectivity index (χ0) is 29.6. The third kappa shape index (κ3) is 6.83. The topological polar surface area (TPSA) is 213 Å². The van der Waals surface area contributed by atoms with Gasteiger partial charge in [0.2, 0.25) is 5.60 Å². The van der Waals surface area contributed by atoms with Gasteiger partial charge in [0.1, 0.15) is 54.6 Å². The molecule has 1 aliphatic heterocycles. The van der Waals surface area contributed by atoms with Crippen LogP contribution in [0.25, 0.3) is 5.52 Å². The summed E-state index contributed by atoms with van der Waals surface area (Å²) in [6, 6.07) is 11.6. The largest absolute Gasteiger partial charge is 0.459 e. The van der Waals surface area contributed by atoms with E-state index < -0.39 is 50.3 Å². The van der Waals surface area contributed by atoms with Gasteiger partial charge >= 0.3 is 13.7 Å². The van der Waals surface area contributed by atoms with E-state index in [1.807, 2.05) is 0 Å². The molecule has 0 amide bonds. The molecule has 3 heterocycles. The summed E-state index contributed by atoms with van der Waals surface area (Å²) in [5, 5.41) is 38.8. The summed E-state index contributed by atoms with van der Waals surface area (Å²) in [5.41, 5.74) is 4.02. The van der Waals surface area contributed by atoms with Crippen LogP contribution in [0.2, 0.25) is 0 Å². The number of nitrogens with zero attached hydrogens (tertiary/aromatic N) is 4. The second kappa shape index (κ2) is 12.9. The average Bonchev–Trinajstić information content (AvgIpc) is 3.64. The number of aliphatic hydroxyl groups is 2. The number of anilines is 1. The molecular formula is C25H31N6O9P. The second-order valence-corrected chi connectivity index (χ2v) is 10.9. The van der Waals surface area contributed by atoms with Crippen molar-refractivity contribution in [2.45, 2.75) is 43.3 Å². The fraction of sp³-hybridized carbons (Fsp3) is 0.440. The Balaban J connectivity index is 1.55. The minimum absolute atomic E-state index is 0.0763. The van der Waals surface area contributed by atoms with Crippen molar-refractivity contribution < 1.29 is 42.8 Å². The molecule has 5 N–H and O–H groups in total. The maximum absolute atomic E-state index is 13.9. The number of nitrogen functional groups attached to an aromatic ring is 1. The number of hydrogen-bond acceptors (Lipinski definition) is 13. The average molecular weight is 591 g/mol. The van der Waals surface area contributed by atoms with Gasteiger partial charge in [-0.3, -0.25) is 9.32 Å². The van der Waals surface area contributed by atoms with Crippen molar-refractivity contribution in [3.63, 3.8) is 0 Å². The van der Waals surface area contributed by atoms with Crippen LogP contribution in [0.5, 0.6) is 5.75 Å². The van der Waals surface area contributed by atoms with Crippen LogP contribution in [0.1, 0.15) is 25.1 Å². The first-order chi connectivity index (χ1) is 19.6. The molecule has 1 saturated heterocycles. The van der Waals surface area contributed by atoms with Crippen LogP contribution < -0.4 is 15.3 Å². The van der Waals surface area contributed by atoms with E-state index in [1.54, 1.807) is 24.3 Å². The number of nitriles is 1. The zero-order valence-electron chi connectivity index (χ0n) is 22.3. The molecule has 0 spiro atoms. The van der Waals surface area contributed by atoms with Gasteiger partial charge in [0.25, 0.3) is 0 Å². The lowest BCUT2D eigenvalue weighted by Crippen LogP contribution is -2.50. The van der Waals surface area contributed by atoms with Crippen molar-refractivity contribution in [1.82, 2.24) is 19.7 Å². The minimum Gasteiger partial charge on any atom is -0.459 e. The number of para-hydroxylation sites is 1. The summed E-state index contributed by atoms with van der Waals surface area (Å²) < 4.78 is 42.3. The molecule has 1 unspecified atom stereocenters. The lowest BCUT2D eigenvalue weighted by atomic mass is 9.93. The summed E-state index contributed by atoms with van der Waals surface area (Å²) in [6.07, 6.45) is -2.43. The van der Waals surface area contributed by atoms with E-state index in [2.05, 4.69) is 15.2 Å². The van der Waals surface area contributed by atoms with E-state index >= 15 is 0 Å². The third-order valence-corrected chi connectivity index (χ3v) is 8.06. The van der Waals surface area contributed by atoms with Crippen LogP contribution in [0.3, 0.4) is 0 Å². The van der Waals surface area contributed by atoms with Gasteiger partial charge in [-0.25, -0.2) is 14.1 Å². The maximum Gasteiger partial charge on any atom is 0.459 e. The van der Waals surface area contributed by atoms with Gasteiger partial charge in [-0.05, 0) is 31.2 Å². The van der Waals surface area contributed by atoms with Crippen LogP contribution >= 0.6 is 7.75 Å². The number of esters is 1. The van der Waals surface area contributed by atoms with Crippen LogP contribution in [0.15, 0.2) is 48.8 Å². The molecule has 0 bridgehead atoms. The number of rotatable bonds is 13. The van der Waals surface area contributed by atoms with E-state index in [-0.39, 0.29) is 23.9 Å². The molecule has 0 saturated carbocycles. The first-order valence-electron chi connectivity index (χ1n) is 12.6. The first-order valence-corrected chi connectivity index (χ1v) is 14.1. The van der Waals surface area contributed by atoms with Gasteiger partial charge in [0.15, 0.2) is 5.82 Å². The molecule has 1 aromatic carbocycles. The fourth-order valence-electron chi connectivity index (χ4n) is 4.08. The highest BCUT2D eigenvalue weighted by molar-refractivity contribution is 7.52. The summed E-state index contributed by atoms with van der Waals surface area (Å²) in [7, 11) is -3.33. The molecular weight excluding hydrogens is 559 g/mol. The van der Waals surface area contributed by atoms with Crippen molar-refractivity contribution in [2.24, 2.45) is 0 Å². The summed E-state index contributed by atoms with van der Waals surface area (Å²) in [6.45, 7) is 1.26. The molecule has 16 heteroatoms. The van der Waals surface area contributed by atoms with Crippen molar-refractivity contribution in [3.05, 3.63) is 54.5 Å². The Labute approximate surface area is 235 Å². The fourth-order valence-corrected chi connectivity index (χ4v) is 5.60. The number of methoxy groups -OCH3 is 1. The minimum atomic E-state index is -4.44. The predicted octanol–water partition coefficient (Wildman–Crippen LogP) is 1.13. The molecule has 2 aromatic heterocycles. The number of benzene rings is 1. The Kier molecular flexibility index (Phi) is 9.57. The number of aliphatic hydroxyl groups excluding tert-OH is 2. The third-order valence-electron chi connectivity index (χ3n) is 6.44. The molecule has 0 radical (unpaired) electrons. The zero-order valence-corrected chi connectivity index (χ0v) is 23.2. The highest BCUT2D eigenvalue weighted by atomic mass is 31.2. The summed E-state index contributed by atoms with van der Waals surface area (Å²) in [5.74, 6) is -0.463. The number of ether oxygens (including phenoxy) is 3. The van der Waals surface area contributed by atoms with E-state index in [9.17, 15) is 24.8 Å². The second-order valence-electron chi connectivity index (χ2n) is 9.24. The molecule has 3 aromatic rings. The number of carbonyl (C=O) groups is 1. The van der Waals surface area contributed by atoms with Crippen molar-refractivity contribution in [1.29, 1.82) is 5.26 Å². The Morgan fingerprint density at radius 2 is 2.10 bits per heavy atom. The molecule has 1 aliphatic rings. The van der Waals surface area contributed by atoms with E-state index in [4.69, 9.17) is 29.0 Å². The van der Waals surface area contributed by atoms with Crippen LogP contribution in [-0.2, 0) is 28.1 Å². The highest BCUT2D eigenvalue weighted by Gasteiger charge is 2.47. The monoisotopic (exact) mass is 590 g/mol. The van der Waals surface area contributed by atoms with Crippen molar-refractivity contribution in [2.75, 3.05) is 32.7 Å². The van der Waals surface area contributed by atoms with E-state index in [0.717, 1.165) is 13.4 Å². The Morgan fingerprint density at radius 1 is 1.34 bits per heavy atom. The Bertz CT molecular complexity index is 1430. The van der Waals surface area contributed by atoms with Gasteiger partial charge in [-0.1, -0.05) is 18.2 Å². The number of hydrogen-bond donors (Lipinski definition) is 4. The Morgan fingerprint density at radius 3 is 2.76 bits per heavy atom. The Hall–Kier alpha value is -3.61.